The van der Waals surface area contributed by atoms with E-state index in [0.717, 1.165) is 24.0 Å². The van der Waals surface area contributed by atoms with Crippen LogP contribution in [0.25, 0.3) is 0 Å². The van der Waals surface area contributed by atoms with E-state index in [-0.39, 0.29) is 6.10 Å². The van der Waals surface area contributed by atoms with Crippen LogP contribution >= 0.6 is 0 Å². The molecule has 1 aliphatic heterocycles. The lowest BCUT2D eigenvalue weighted by molar-refractivity contribution is 0.0882. The zero-order valence-electron chi connectivity index (χ0n) is 12.9. The van der Waals surface area contributed by atoms with Crippen molar-refractivity contribution < 1.29 is 9.47 Å². The second-order valence-corrected chi connectivity index (χ2v) is 6.13. The summed E-state index contributed by atoms with van der Waals surface area (Å²) in [5.74, 6) is 2.51. The molecular weight excluding hydrogens is 250 g/mol. The topological polar surface area (TPSA) is 30.5 Å². The average molecular weight is 277 g/mol. The predicted molar refractivity (Wildman–Crippen MR) is 82.5 cm³/mol. The van der Waals surface area contributed by atoms with Crippen LogP contribution in [-0.4, -0.2) is 25.3 Å². The molecule has 0 amide bonds. The fraction of sp³-hybridized carbons (Fsp3) is 0.647. The largest absolute Gasteiger partial charge is 0.486 e. The Bertz CT molecular complexity index is 406. The third kappa shape index (κ3) is 4.71. The molecule has 1 aromatic carbocycles. The Balaban J connectivity index is 1.68. The zero-order chi connectivity index (χ0) is 14.4. The van der Waals surface area contributed by atoms with E-state index in [9.17, 15) is 0 Å². The summed E-state index contributed by atoms with van der Waals surface area (Å²) in [6.07, 6.45) is 3.93. The minimum atomic E-state index is 0.109. The van der Waals surface area contributed by atoms with Gasteiger partial charge in [-0.25, -0.2) is 0 Å². The van der Waals surface area contributed by atoms with Gasteiger partial charge < -0.3 is 14.8 Å². The van der Waals surface area contributed by atoms with Crippen molar-refractivity contribution >= 4 is 0 Å². The molecule has 0 bridgehead atoms. The van der Waals surface area contributed by atoms with Gasteiger partial charge >= 0.3 is 0 Å². The first-order valence-corrected chi connectivity index (χ1v) is 7.77. The molecule has 2 rings (SSSR count). The summed E-state index contributed by atoms with van der Waals surface area (Å²) in [6.45, 7) is 8.28. The van der Waals surface area contributed by atoms with Crippen LogP contribution in [0.4, 0.5) is 0 Å². The van der Waals surface area contributed by atoms with E-state index < -0.39 is 0 Å². The van der Waals surface area contributed by atoms with Gasteiger partial charge in [0, 0.05) is 12.6 Å². The monoisotopic (exact) mass is 277 g/mol. The van der Waals surface area contributed by atoms with Crippen LogP contribution in [0.1, 0.15) is 40.0 Å². The van der Waals surface area contributed by atoms with E-state index in [1.54, 1.807) is 0 Å². The maximum atomic E-state index is 5.94. The summed E-state index contributed by atoms with van der Waals surface area (Å²) in [4.78, 5) is 0. The highest BCUT2D eigenvalue weighted by atomic mass is 16.6. The highest BCUT2D eigenvalue weighted by Gasteiger charge is 2.20. The molecule has 0 unspecified atom stereocenters. The summed E-state index contributed by atoms with van der Waals surface area (Å²) < 4.78 is 11.7. The Hall–Kier alpha value is -1.22. The zero-order valence-corrected chi connectivity index (χ0v) is 12.9. The van der Waals surface area contributed by atoms with E-state index in [0.29, 0.717) is 12.6 Å². The number of nitrogens with one attached hydrogen (secondary N) is 1. The van der Waals surface area contributed by atoms with Gasteiger partial charge in [-0.1, -0.05) is 38.8 Å². The standard InChI is InChI=1S/C17H27NO2/c1-13(2)7-6-8-14(3)18-11-15-12-19-16-9-4-5-10-17(16)20-15/h4-5,9-10,13-15,18H,6-8,11-12H2,1-3H3/t14-,15-/m1/s1. The molecule has 0 fully saturated rings. The third-order valence-electron chi connectivity index (χ3n) is 3.68. The number of hydrogen-bond acceptors (Lipinski definition) is 3. The molecular formula is C17H27NO2. The molecule has 0 aliphatic carbocycles. The van der Waals surface area contributed by atoms with Crippen LogP contribution in [-0.2, 0) is 0 Å². The van der Waals surface area contributed by atoms with Gasteiger partial charge in [-0.15, -0.1) is 0 Å². The van der Waals surface area contributed by atoms with Crippen LogP contribution in [0, 0.1) is 5.92 Å². The van der Waals surface area contributed by atoms with Crippen molar-refractivity contribution in [1.29, 1.82) is 0 Å². The minimum Gasteiger partial charge on any atom is -0.486 e. The fourth-order valence-corrected chi connectivity index (χ4v) is 2.43. The van der Waals surface area contributed by atoms with Gasteiger partial charge in [0.2, 0.25) is 0 Å². The molecule has 1 heterocycles. The van der Waals surface area contributed by atoms with Crippen molar-refractivity contribution in [3.8, 4) is 11.5 Å². The van der Waals surface area contributed by atoms with E-state index in [4.69, 9.17) is 9.47 Å². The van der Waals surface area contributed by atoms with E-state index in [1.165, 1.54) is 19.3 Å². The second-order valence-electron chi connectivity index (χ2n) is 6.13. The van der Waals surface area contributed by atoms with Gasteiger partial charge in [0.05, 0.1) is 0 Å². The lowest BCUT2D eigenvalue weighted by Crippen LogP contribution is -2.41. The van der Waals surface area contributed by atoms with Crippen molar-refractivity contribution in [3.63, 3.8) is 0 Å². The van der Waals surface area contributed by atoms with Gasteiger partial charge in [-0.2, -0.15) is 0 Å². The second kappa shape index (κ2) is 7.53. The Morgan fingerprint density at radius 3 is 2.65 bits per heavy atom. The van der Waals surface area contributed by atoms with Crippen molar-refractivity contribution in [2.24, 2.45) is 5.92 Å². The first-order chi connectivity index (χ1) is 9.65. The van der Waals surface area contributed by atoms with Crippen LogP contribution in [0.5, 0.6) is 11.5 Å². The Morgan fingerprint density at radius 2 is 1.90 bits per heavy atom. The van der Waals surface area contributed by atoms with Crippen LogP contribution in [0.3, 0.4) is 0 Å². The van der Waals surface area contributed by atoms with Gasteiger partial charge in [0.25, 0.3) is 0 Å². The smallest absolute Gasteiger partial charge is 0.161 e. The van der Waals surface area contributed by atoms with Gasteiger partial charge in [0.15, 0.2) is 11.5 Å². The van der Waals surface area contributed by atoms with Gasteiger partial charge in [-0.3, -0.25) is 0 Å². The molecule has 2 atom stereocenters. The number of hydrogen-bond donors (Lipinski definition) is 1. The highest BCUT2D eigenvalue weighted by molar-refractivity contribution is 5.40. The molecule has 20 heavy (non-hydrogen) atoms. The number of ether oxygens (including phenoxy) is 2. The van der Waals surface area contributed by atoms with Crippen molar-refractivity contribution in [1.82, 2.24) is 5.32 Å². The first kappa shape index (κ1) is 15.2. The Labute approximate surface area is 122 Å². The number of para-hydroxylation sites is 2. The van der Waals surface area contributed by atoms with Crippen molar-refractivity contribution in [2.45, 2.75) is 52.2 Å². The number of fused-ring (bicyclic) bond motifs is 1. The van der Waals surface area contributed by atoms with E-state index >= 15 is 0 Å². The fourth-order valence-electron chi connectivity index (χ4n) is 2.43. The number of benzene rings is 1. The molecule has 0 radical (unpaired) electrons. The molecule has 1 N–H and O–H groups in total. The van der Waals surface area contributed by atoms with E-state index in [1.807, 2.05) is 24.3 Å². The van der Waals surface area contributed by atoms with Gasteiger partial charge in [0.1, 0.15) is 12.7 Å². The van der Waals surface area contributed by atoms with Crippen LogP contribution in [0.15, 0.2) is 24.3 Å². The maximum Gasteiger partial charge on any atom is 0.161 e. The number of rotatable bonds is 7. The summed E-state index contributed by atoms with van der Waals surface area (Å²) in [5, 5.41) is 3.55. The minimum absolute atomic E-state index is 0.109. The molecule has 112 valence electrons. The summed E-state index contributed by atoms with van der Waals surface area (Å²) in [6, 6.07) is 8.40. The van der Waals surface area contributed by atoms with Crippen molar-refractivity contribution in [2.75, 3.05) is 13.2 Å². The summed E-state index contributed by atoms with van der Waals surface area (Å²) >= 11 is 0. The summed E-state index contributed by atoms with van der Waals surface area (Å²) in [5.41, 5.74) is 0. The lowest BCUT2D eigenvalue weighted by atomic mass is 10.0. The van der Waals surface area contributed by atoms with Crippen LogP contribution in [0.2, 0.25) is 0 Å². The molecule has 3 heteroatoms. The molecule has 0 saturated carbocycles. The summed E-state index contributed by atoms with van der Waals surface area (Å²) in [7, 11) is 0. The molecule has 0 spiro atoms. The Morgan fingerprint density at radius 1 is 1.15 bits per heavy atom. The quantitative estimate of drug-likeness (QED) is 0.825. The normalized spacial score (nSPS) is 19.1. The lowest BCUT2D eigenvalue weighted by Gasteiger charge is -2.27. The van der Waals surface area contributed by atoms with Crippen LogP contribution < -0.4 is 14.8 Å². The molecule has 0 saturated heterocycles. The predicted octanol–water partition coefficient (Wildman–Crippen LogP) is 3.63. The maximum absolute atomic E-state index is 5.94. The molecule has 0 aromatic heterocycles. The molecule has 3 nitrogen and oxygen atoms in total. The SMILES string of the molecule is CC(C)CCC[C@@H](C)NC[C@@H]1COc2ccccc2O1. The Kier molecular flexibility index (Phi) is 5.72. The van der Waals surface area contributed by atoms with E-state index in [2.05, 4.69) is 26.1 Å². The van der Waals surface area contributed by atoms with Gasteiger partial charge in [-0.05, 0) is 31.4 Å². The molecule has 1 aliphatic rings. The molecule has 1 aromatic rings. The highest BCUT2D eigenvalue weighted by Crippen LogP contribution is 2.30. The average Bonchev–Trinajstić information content (AvgIpc) is 2.44. The third-order valence-corrected chi connectivity index (χ3v) is 3.68. The van der Waals surface area contributed by atoms with Crippen molar-refractivity contribution in [3.05, 3.63) is 24.3 Å². The first-order valence-electron chi connectivity index (χ1n) is 7.77.